The fraction of sp³-hybridized carbons (Fsp3) is 0.320. The molecule has 7 nitrogen and oxygen atoms in total. The number of carbonyl (C=O) groups excluding carboxylic acids is 1. The first-order valence-corrected chi connectivity index (χ1v) is 11.3. The second-order valence-corrected chi connectivity index (χ2v) is 8.58. The molecule has 1 saturated heterocycles. The highest BCUT2D eigenvalue weighted by Crippen LogP contribution is 2.40. The van der Waals surface area contributed by atoms with E-state index >= 15 is 0 Å². The van der Waals surface area contributed by atoms with Crippen molar-refractivity contribution >= 4 is 11.7 Å². The lowest BCUT2D eigenvalue weighted by atomic mass is 9.87. The van der Waals surface area contributed by atoms with E-state index in [0.717, 1.165) is 6.20 Å². The summed E-state index contributed by atoms with van der Waals surface area (Å²) in [5, 5.41) is 2.60. The third kappa shape index (κ3) is 6.67. The van der Waals surface area contributed by atoms with Crippen LogP contribution in [0.25, 0.3) is 0 Å². The number of pyridine rings is 2. The van der Waals surface area contributed by atoms with Gasteiger partial charge in [-0.05, 0) is 24.6 Å². The van der Waals surface area contributed by atoms with Crippen molar-refractivity contribution in [2.45, 2.75) is 31.2 Å². The number of ether oxygens (including phenoxy) is 1. The third-order valence-corrected chi connectivity index (χ3v) is 6.20. The molecule has 1 aromatic carbocycles. The number of hydrogen-bond donors (Lipinski definition) is 1. The van der Waals surface area contributed by atoms with Gasteiger partial charge in [-0.25, -0.2) is 26.9 Å². The fourth-order valence-corrected chi connectivity index (χ4v) is 4.06. The number of piperidine rings is 1. The van der Waals surface area contributed by atoms with Crippen LogP contribution in [0, 0.1) is 17.5 Å². The van der Waals surface area contributed by atoms with E-state index in [4.69, 9.17) is 9.57 Å². The van der Waals surface area contributed by atoms with E-state index in [0.29, 0.717) is 17.7 Å². The van der Waals surface area contributed by atoms with Crippen molar-refractivity contribution in [2.75, 3.05) is 25.5 Å². The smallest absolute Gasteiger partial charge is 0.257 e. The molecule has 38 heavy (non-hydrogen) atoms. The zero-order chi connectivity index (χ0) is 26.7. The third-order valence-electron chi connectivity index (χ3n) is 6.20. The fourth-order valence-electron chi connectivity index (χ4n) is 4.06. The van der Waals surface area contributed by atoms with Gasteiger partial charge in [0.1, 0.15) is 24.5 Å². The maximum absolute atomic E-state index is 14.7. The maximum Gasteiger partial charge on any atom is 0.257 e. The molecule has 1 aliphatic rings. The average Bonchev–Trinajstić information content (AvgIpc) is 2.86. The van der Waals surface area contributed by atoms with Crippen LogP contribution in [-0.4, -0.2) is 48.0 Å². The molecule has 13 heteroatoms. The molecular formula is C25H24F5IN4O3. The minimum absolute atomic E-state index is 0. The molecule has 1 amide bonds. The summed E-state index contributed by atoms with van der Waals surface area (Å²) in [6.45, 7) is 1.60. The van der Waals surface area contributed by atoms with Crippen molar-refractivity contribution in [3.63, 3.8) is 0 Å². The standard InChI is InChI=1S/C25H23F5N4O3.HI/c1-15(33-10-7-25(29,30)19(14-33)16-5-8-34(36-2)9-6-16)24(35)32-22-4-3-18(13-31-22)37-23-20(27)11-17(26)12-21(23)28;/h3-6,8-9,11-13,15,19H,7,10,14H2,1-2H3;1H/t15-,19+;/m0./s1. The van der Waals surface area contributed by atoms with Crippen molar-refractivity contribution in [1.82, 2.24) is 9.88 Å². The molecule has 0 radical (unpaired) electrons. The number of benzene rings is 1. The first kappa shape index (κ1) is 29.5. The number of likely N-dealkylation sites (tertiary alicyclic amines) is 1. The van der Waals surface area contributed by atoms with Gasteiger partial charge in [-0.15, -0.1) is 0 Å². The highest BCUT2D eigenvalue weighted by molar-refractivity contribution is 5.93. The topological polar surface area (TPSA) is 67.6 Å². The Kier molecular flexibility index (Phi) is 9.46. The zero-order valence-electron chi connectivity index (χ0n) is 20.3. The number of halogens is 6. The number of carbonyl (C=O) groups is 1. The molecular weight excluding hydrogens is 626 g/mol. The van der Waals surface area contributed by atoms with Crippen LogP contribution in [0.1, 0.15) is 24.8 Å². The highest BCUT2D eigenvalue weighted by atomic mass is 127. The van der Waals surface area contributed by atoms with E-state index in [2.05, 4.69) is 10.3 Å². The summed E-state index contributed by atoms with van der Waals surface area (Å²) in [6.07, 6.45) is 3.80. The molecule has 3 aromatic rings. The number of anilines is 1. The van der Waals surface area contributed by atoms with Gasteiger partial charge in [0.2, 0.25) is 18.3 Å². The molecule has 0 spiro atoms. The van der Waals surface area contributed by atoms with Crippen LogP contribution in [0.4, 0.5) is 27.8 Å². The quantitative estimate of drug-likeness (QED) is 0.236. The van der Waals surface area contributed by atoms with Crippen molar-refractivity contribution in [2.24, 2.45) is 0 Å². The molecule has 2 aromatic heterocycles. The summed E-state index contributed by atoms with van der Waals surface area (Å²) < 4.78 is 76.6. The van der Waals surface area contributed by atoms with Gasteiger partial charge in [0.05, 0.1) is 18.2 Å². The molecule has 3 heterocycles. The summed E-state index contributed by atoms with van der Waals surface area (Å²) in [5.41, 5.74) is 0.432. The Labute approximate surface area is 232 Å². The van der Waals surface area contributed by atoms with Crippen molar-refractivity contribution in [3.05, 3.63) is 78.0 Å². The number of rotatable bonds is 7. The van der Waals surface area contributed by atoms with Gasteiger partial charge < -0.3 is 34.0 Å². The van der Waals surface area contributed by atoms with Crippen molar-refractivity contribution in [1.29, 1.82) is 0 Å². The molecule has 0 aliphatic carbocycles. The van der Waals surface area contributed by atoms with E-state index in [1.807, 2.05) is 0 Å². The number of amides is 1. The van der Waals surface area contributed by atoms with Crippen LogP contribution in [0.5, 0.6) is 11.5 Å². The molecule has 1 fully saturated rings. The lowest BCUT2D eigenvalue weighted by molar-refractivity contribution is -0.885. The van der Waals surface area contributed by atoms with Crippen LogP contribution < -0.4 is 43.6 Å². The van der Waals surface area contributed by atoms with Crippen LogP contribution >= 0.6 is 0 Å². The predicted molar refractivity (Wildman–Crippen MR) is 122 cm³/mol. The molecule has 0 unspecified atom stereocenters. The van der Waals surface area contributed by atoms with E-state index < -0.39 is 53.4 Å². The van der Waals surface area contributed by atoms with Gasteiger partial charge in [0.15, 0.2) is 17.4 Å². The van der Waals surface area contributed by atoms with Gasteiger partial charge in [0, 0.05) is 48.5 Å². The summed E-state index contributed by atoms with van der Waals surface area (Å²) >= 11 is 0. The first-order chi connectivity index (χ1) is 17.6. The number of nitrogens with one attached hydrogen (secondary N) is 1. The monoisotopic (exact) mass is 650 g/mol. The second kappa shape index (κ2) is 12.2. The number of nitrogens with zero attached hydrogens (tertiary/aromatic N) is 3. The minimum Gasteiger partial charge on any atom is -1.00 e. The Bertz CT molecular complexity index is 1240. The maximum atomic E-state index is 14.7. The minimum atomic E-state index is -2.94. The average molecular weight is 650 g/mol. The van der Waals surface area contributed by atoms with Crippen molar-refractivity contribution < 1.29 is 65.0 Å². The molecule has 204 valence electrons. The van der Waals surface area contributed by atoms with Gasteiger partial charge in [0.25, 0.3) is 5.92 Å². The van der Waals surface area contributed by atoms with Crippen molar-refractivity contribution in [3.8, 4) is 11.5 Å². The second-order valence-electron chi connectivity index (χ2n) is 8.58. The summed E-state index contributed by atoms with van der Waals surface area (Å²) in [5.74, 6) is -8.75. The summed E-state index contributed by atoms with van der Waals surface area (Å²) in [6, 6.07) is 6.01. The molecule has 1 aliphatic heterocycles. The Morgan fingerprint density at radius 1 is 1.16 bits per heavy atom. The van der Waals surface area contributed by atoms with E-state index in [9.17, 15) is 26.7 Å². The zero-order valence-corrected chi connectivity index (χ0v) is 22.5. The molecule has 4 rings (SSSR count). The Morgan fingerprint density at radius 3 is 2.39 bits per heavy atom. The Morgan fingerprint density at radius 2 is 1.82 bits per heavy atom. The Balaban J connectivity index is 0.00000400. The van der Waals surface area contributed by atoms with Gasteiger partial charge in [-0.2, -0.15) is 0 Å². The lowest BCUT2D eigenvalue weighted by Gasteiger charge is -2.40. The van der Waals surface area contributed by atoms with Gasteiger partial charge >= 0.3 is 0 Å². The number of hydrogen-bond acceptors (Lipinski definition) is 5. The lowest BCUT2D eigenvalue weighted by Crippen LogP contribution is -3.00. The SMILES string of the molecule is CO[n+]1ccc([C@H]2CN([C@@H](C)C(=O)Nc3ccc(Oc4c(F)cc(F)cc4F)cn3)CCC2(F)F)cc1.[I-]. The predicted octanol–water partition coefficient (Wildman–Crippen LogP) is 1.09. The summed E-state index contributed by atoms with van der Waals surface area (Å²) in [7, 11) is 1.46. The van der Waals surface area contributed by atoms with E-state index in [-0.39, 0.29) is 48.6 Å². The van der Waals surface area contributed by atoms with Crippen LogP contribution in [-0.2, 0) is 4.79 Å². The normalized spacial score (nSPS) is 17.7. The molecule has 0 bridgehead atoms. The van der Waals surface area contributed by atoms with E-state index in [1.54, 1.807) is 36.4 Å². The number of alkyl halides is 2. The highest BCUT2D eigenvalue weighted by Gasteiger charge is 2.46. The largest absolute Gasteiger partial charge is 1.00 e. The van der Waals surface area contributed by atoms with Gasteiger partial charge in [-0.3, -0.25) is 14.5 Å². The van der Waals surface area contributed by atoms with Crippen LogP contribution in [0.3, 0.4) is 0 Å². The molecule has 2 atom stereocenters. The Hall–Kier alpha value is -3.07. The molecule has 0 saturated carbocycles. The number of aromatic nitrogens is 2. The van der Waals surface area contributed by atoms with Crippen LogP contribution in [0.15, 0.2) is 55.0 Å². The van der Waals surface area contributed by atoms with Crippen LogP contribution in [0.2, 0.25) is 0 Å². The first-order valence-electron chi connectivity index (χ1n) is 11.3. The molecule has 1 N–H and O–H groups in total. The van der Waals surface area contributed by atoms with E-state index in [1.165, 1.54) is 24.0 Å². The summed E-state index contributed by atoms with van der Waals surface area (Å²) in [4.78, 5) is 23.5. The van der Waals surface area contributed by atoms with Gasteiger partial charge in [-0.1, -0.05) is 0 Å².